The molecule has 1 aliphatic carbocycles. The molecule has 0 aliphatic heterocycles. The quantitative estimate of drug-likeness (QED) is 0.913. The number of ether oxygens (including phenoxy) is 1. The van der Waals surface area contributed by atoms with E-state index in [4.69, 9.17) is 4.74 Å². The molecule has 1 atom stereocenters. The van der Waals surface area contributed by atoms with Crippen LogP contribution in [-0.4, -0.2) is 5.11 Å². The predicted octanol–water partition coefficient (Wildman–Crippen LogP) is 3.94. The number of hydrogen-bond donors (Lipinski definition) is 1. The summed E-state index contributed by atoms with van der Waals surface area (Å²) in [7, 11) is 0. The smallest absolute Gasteiger partial charge is 0.120 e. The predicted molar refractivity (Wildman–Crippen MR) is 79.9 cm³/mol. The van der Waals surface area contributed by atoms with Crippen molar-refractivity contribution in [3.05, 3.63) is 64.7 Å². The van der Waals surface area contributed by atoms with E-state index in [0.29, 0.717) is 6.61 Å². The molecule has 0 saturated carbocycles. The van der Waals surface area contributed by atoms with Crippen LogP contribution in [0.15, 0.2) is 42.5 Å². The molecule has 3 rings (SSSR count). The minimum Gasteiger partial charge on any atom is -0.489 e. The molecule has 0 bridgehead atoms. The van der Waals surface area contributed by atoms with Gasteiger partial charge >= 0.3 is 0 Å². The van der Waals surface area contributed by atoms with Crippen molar-refractivity contribution in [2.45, 2.75) is 38.9 Å². The molecule has 1 aliphatic rings. The molecule has 0 amide bonds. The molecule has 2 aromatic rings. The van der Waals surface area contributed by atoms with Crippen LogP contribution in [0.4, 0.5) is 0 Å². The van der Waals surface area contributed by atoms with Gasteiger partial charge in [-0.3, -0.25) is 0 Å². The number of aliphatic hydroxyl groups excluding tert-OH is 1. The second-order valence-electron chi connectivity index (χ2n) is 5.54. The Morgan fingerprint density at radius 3 is 2.75 bits per heavy atom. The Bertz CT molecular complexity index is 587. The minimum absolute atomic E-state index is 0.332. The van der Waals surface area contributed by atoms with Gasteiger partial charge in [0.15, 0.2) is 0 Å². The SMILES string of the molecule is Cc1ccc(COc2ccc3c(c2)[C@@H](O)CCC3)cc1. The monoisotopic (exact) mass is 268 g/mol. The average molecular weight is 268 g/mol. The van der Waals surface area contributed by atoms with Crippen molar-refractivity contribution < 1.29 is 9.84 Å². The number of aliphatic hydroxyl groups is 1. The van der Waals surface area contributed by atoms with Gasteiger partial charge < -0.3 is 9.84 Å². The van der Waals surface area contributed by atoms with Crippen LogP contribution in [-0.2, 0) is 13.0 Å². The Hall–Kier alpha value is -1.80. The zero-order valence-electron chi connectivity index (χ0n) is 11.8. The third-order valence-electron chi connectivity index (χ3n) is 3.93. The van der Waals surface area contributed by atoms with Gasteiger partial charge in [0.2, 0.25) is 0 Å². The third-order valence-corrected chi connectivity index (χ3v) is 3.93. The van der Waals surface area contributed by atoms with Gasteiger partial charge in [0.1, 0.15) is 12.4 Å². The Morgan fingerprint density at radius 2 is 1.95 bits per heavy atom. The van der Waals surface area contributed by atoms with Crippen molar-refractivity contribution in [1.82, 2.24) is 0 Å². The number of rotatable bonds is 3. The van der Waals surface area contributed by atoms with Crippen LogP contribution in [0.2, 0.25) is 0 Å². The molecule has 104 valence electrons. The van der Waals surface area contributed by atoms with Gasteiger partial charge in [-0.15, -0.1) is 0 Å². The van der Waals surface area contributed by atoms with Gasteiger partial charge in [-0.25, -0.2) is 0 Å². The van der Waals surface area contributed by atoms with Crippen molar-refractivity contribution >= 4 is 0 Å². The van der Waals surface area contributed by atoms with E-state index in [0.717, 1.165) is 36.1 Å². The van der Waals surface area contributed by atoms with Crippen LogP contribution in [0, 0.1) is 6.92 Å². The van der Waals surface area contributed by atoms with E-state index in [1.807, 2.05) is 12.1 Å². The van der Waals surface area contributed by atoms with Gasteiger partial charge in [0.05, 0.1) is 6.10 Å². The molecule has 0 aromatic heterocycles. The second kappa shape index (κ2) is 5.68. The second-order valence-corrected chi connectivity index (χ2v) is 5.54. The largest absolute Gasteiger partial charge is 0.489 e. The summed E-state index contributed by atoms with van der Waals surface area (Å²) in [4.78, 5) is 0. The highest BCUT2D eigenvalue weighted by molar-refractivity contribution is 5.38. The molecule has 2 heteroatoms. The van der Waals surface area contributed by atoms with Crippen LogP contribution >= 0.6 is 0 Å². The molecular formula is C18H20O2. The van der Waals surface area contributed by atoms with E-state index >= 15 is 0 Å². The Kier molecular flexibility index (Phi) is 3.75. The van der Waals surface area contributed by atoms with Gasteiger partial charge in [-0.05, 0) is 55.0 Å². The lowest BCUT2D eigenvalue weighted by atomic mass is 9.89. The summed E-state index contributed by atoms with van der Waals surface area (Å²) < 4.78 is 5.84. The maximum atomic E-state index is 10.0. The highest BCUT2D eigenvalue weighted by Gasteiger charge is 2.18. The number of benzene rings is 2. The zero-order valence-corrected chi connectivity index (χ0v) is 11.8. The van der Waals surface area contributed by atoms with Crippen LogP contribution in [0.1, 0.15) is 41.2 Å². The number of aryl methyl sites for hydroxylation is 2. The molecule has 0 unspecified atom stereocenters. The first-order valence-electron chi connectivity index (χ1n) is 7.21. The van der Waals surface area contributed by atoms with Gasteiger partial charge in [-0.2, -0.15) is 0 Å². The summed E-state index contributed by atoms with van der Waals surface area (Å²) in [5.41, 5.74) is 4.71. The molecule has 0 saturated heterocycles. The summed E-state index contributed by atoms with van der Waals surface area (Å²) in [6.45, 7) is 2.64. The molecule has 0 heterocycles. The van der Waals surface area contributed by atoms with Crippen molar-refractivity contribution in [2.75, 3.05) is 0 Å². The number of fused-ring (bicyclic) bond motifs is 1. The summed E-state index contributed by atoms with van der Waals surface area (Å²) in [5.74, 6) is 0.838. The summed E-state index contributed by atoms with van der Waals surface area (Å²) in [6, 6.07) is 14.4. The molecule has 0 spiro atoms. The molecule has 20 heavy (non-hydrogen) atoms. The highest BCUT2D eigenvalue weighted by Crippen LogP contribution is 2.32. The fraction of sp³-hybridized carbons (Fsp3) is 0.333. The summed E-state index contributed by atoms with van der Waals surface area (Å²) >= 11 is 0. The Balaban J connectivity index is 1.72. The topological polar surface area (TPSA) is 29.5 Å². The zero-order chi connectivity index (χ0) is 13.9. The van der Waals surface area contributed by atoms with Gasteiger partial charge in [0.25, 0.3) is 0 Å². The molecule has 0 fully saturated rings. The number of hydrogen-bond acceptors (Lipinski definition) is 2. The molecule has 2 aromatic carbocycles. The fourth-order valence-electron chi connectivity index (χ4n) is 2.69. The van der Waals surface area contributed by atoms with Crippen molar-refractivity contribution in [2.24, 2.45) is 0 Å². The normalized spacial score (nSPS) is 17.6. The van der Waals surface area contributed by atoms with Crippen molar-refractivity contribution in [3.8, 4) is 5.75 Å². The third kappa shape index (κ3) is 2.86. The van der Waals surface area contributed by atoms with Gasteiger partial charge in [-0.1, -0.05) is 35.9 Å². The summed E-state index contributed by atoms with van der Waals surface area (Å²) in [5, 5.41) is 10.0. The van der Waals surface area contributed by atoms with Crippen molar-refractivity contribution in [3.63, 3.8) is 0 Å². The average Bonchev–Trinajstić information content (AvgIpc) is 2.47. The first kappa shape index (κ1) is 13.2. The van der Waals surface area contributed by atoms with Gasteiger partial charge in [0, 0.05) is 0 Å². The maximum absolute atomic E-state index is 10.0. The minimum atomic E-state index is -0.332. The lowest BCUT2D eigenvalue weighted by Gasteiger charge is -2.22. The van der Waals surface area contributed by atoms with Crippen LogP contribution < -0.4 is 4.74 Å². The lowest BCUT2D eigenvalue weighted by molar-refractivity contribution is 0.156. The highest BCUT2D eigenvalue weighted by atomic mass is 16.5. The maximum Gasteiger partial charge on any atom is 0.120 e. The standard InChI is InChI=1S/C18H20O2/c1-13-5-7-14(8-6-13)12-20-16-10-9-15-3-2-4-18(19)17(15)11-16/h5-11,18-19H,2-4,12H2,1H3/t18-/m0/s1. The molecule has 0 radical (unpaired) electrons. The van der Waals surface area contributed by atoms with E-state index in [9.17, 15) is 5.11 Å². The first-order chi connectivity index (χ1) is 9.72. The molecule has 2 nitrogen and oxygen atoms in total. The van der Waals surface area contributed by atoms with E-state index < -0.39 is 0 Å². The van der Waals surface area contributed by atoms with Crippen molar-refractivity contribution in [1.29, 1.82) is 0 Å². The Morgan fingerprint density at radius 1 is 1.15 bits per heavy atom. The van der Waals surface area contributed by atoms with E-state index in [-0.39, 0.29) is 6.10 Å². The van der Waals surface area contributed by atoms with Crippen LogP contribution in [0.5, 0.6) is 5.75 Å². The van der Waals surface area contributed by atoms with E-state index in [2.05, 4.69) is 37.3 Å². The van der Waals surface area contributed by atoms with E-state index in [1.54, 1.807) is 0 Å². The molecule has 1 N–H and O–H groups in total. The fourth-order valence-corrected chi connectivity index (χ4v) is 2.69. The Labute approximate surface area is 120 Å². The summed E-state index contributed by atoms with van der Waals surface area (Å²) in [6.07, 6.45) is 2.65. The first-order valence-corrected chi connectivity index (χ1v) is 7.21. The van der Waals surface area contributed by atoms with E-state index in [1.165, 1.54) is 11.1 Å². The van der Waals surface area contributed by atoms with Crippen LogP contribution in [0.3, 0.4) is 0 Å². The molecular weight excluding hydrogens is 248 g/mol. The van der Waals surface area contributed by atoms with Crippen LogP contribution in [0.25, 0.3) is 0 Å². The lowest BCUT2D eigenvalue weighted by Crippen LogP contribution is -2.09.